The van der Waals surface area contributed by atoms with Crippen LogP contribution in [0.15, 0.2) is 29.8 Å². The van der Waals surface area contributed by atoms with Crippen LogP contribution in [0.25, 0.3) is 6.08 Å². The molecule has 0 bridgehead atoms. The van der Waals surface area contributed by atoms with Crippen LogP contribution in [0.1, 0.15) is 26.3 Å². The van der Waals surface area contributed by atoms with Crippen molar-refractivity contribution in [1.29, 1.82) is 0 Å². The van der Waals surface area contributed by atoms with Gasteiger partial charge in [-0.05, 0) is 24.6 Å². The van der Waals surface area contributed by atoms with Gasteiger partial charge in [-0.3, -0.25) is 0 Å². The number of rotatable bonds is 4. The van der Waals surface area contributed by atoms with E-state index < -0.39 is 0 Å². The van der Waals surface area contributed by atoms with Gasteiger partial charge in [0.25, 0.3) is 0 Å². The Hall–Kier alpha value is -1.15. The van der Waals surface area contributed by atoms with Gasteiger partial charge in [0, 0.05) is 12.6 Å². The lowest BCUT2D eigenvalue weighted by molar-refractivity contribution is 0.622. The highest BCUT2D eigenvalue weighted by Crippen LogP contribution is 2.08. The van der Waals surface area contributed by atoms with Crippen LogP contribution < -0.4 is 5.32 Å². The standard InChI is InChI=1S/C13H18FN/c1-10(2)15-9-11(3)7-12-5-4-6-13(14)8-12/h4-8,10,15H,9H2,1-3H3. The molecule has 1 nitrogen and oxygen atoms in total. The fraction of sp³-hybridized carbons (Fsp3) is 0.385. The molecule has 0 saturated heterocycles. The van der Waals surface area contributed by atoms with Crippen molar-refractivity contribution in [1.82, 2.24) is 5.32 Å². The van der Waals surface area contributed by atoms with Crippen LogP contribution in [0.2, 0.25) is 0 Å². The minimum atomic E-state index is -0.187. The molecular formula is C13H18FN. The van der Waals surface area contributed by atoms with E-state index >= 15 is 0 Å². The van der Waals surface area contributed by atoms with Crippen molar-refractivity contribution in [2.75, 3.05) is 6.54 Å². The lowest BCUT2D eigenvalue weighted by Crippen LogP contribution is -2.24. The van der Waals surface area contributed by atoms with Gasteiger partial charge in [-0.1, -0.05) is 37.6 Å². The topological polar surface area (TPSA) is 12.0 Å². The SMILES string of the molecule is CC(=Cc1cccc(F)c1)CNC(C)C. The first kappa shape index (κ1) is 11.9. The number of nitrogens with one attached hydrogen (secondary N) is 1. The van der Waals surface area contributed by atoms with Crippen LogP contribution in [0.4, 0.5) is 4.39 Å². The minimum Gasteiger partial charge on any atom is -0.311 e. The minimum absolute atomic E-state index is 0.187. The summed E-state index contributed by atoms with van der Waals surface area (Å²) in [5.41, 5.74) is 2.12. The second kappa shape index (κ2) is 5.66. The van der Waals surface area contributed by atoms with E-state index in [0.29, 0.717) is 6.04 Å². The third-order valence-corrected chi connectivity index (χ3v) is 2.05. The van der Waals surface area contributed by atoms with Gasteiger partial charge in [0.05, 0.1) is 0 Å². The zero-order valence-electron chi connectivity index (χ0n) is 9.55. The molecule has 1 aromatic rings. The van der Waals surface area contributed by atoms with E-state index in [2.05, 4.69) is 19.2 Å². The Balaban J connectivity index is 2.62. The smallest absolute Gasteiger partial charge is 0.123 e. The van der Waals surface area contributed by atoms with Crippen LogP contribution >= 0.6 is 0 Å². The largest absolute Gasteiger partial charge is 0.311 e. The highest BCUT2D eigenvalue weighted by atomic mass is 19.1. The van der Waals surface area contributed by atoms with E-state index in [1.165, 1.54) is 11.6 Å². The molecule has 0 aromatic heterocycles. The first-order chi connectivity index (χ1) is 7.08. The molecule has 0 unspecified atom stereocenters. The number of halogens is 1. The first-order valence-electron chi connectivity index (χ1n) is 5.24. The molecule has 0 radical (unpaired) electrons. The molecule has 1 rings (SSSR count). The fourth-order valence-corrected chi connectivity index (χ4v) is 1.30. The molecule has 0 heterocycles. The zero-order chi connectivity index (χ0) is 11.3. The van der Waals surface area contributed by atoms with Gasteiger partial charge in [0.2, 0.25) is 0 Å². The predicted molar refractivity (Wildman–Crippen MR) is 63.2 cm³/mol. The molecule has 0 spiro atoms. The Morgan fingerprint density at radius 2 is 2.20 bits per heavy atom. The molecule has 0 saturated carbocycles. The Morgan fingerprint density at radius 1 is 1.47 bits per heavy atom. The molecule has 0 aliphatic heterocycles. The molecule has 0 aliphatic carbocycles. The Morgan fingerprint density at radius 3 is 2.80 bits per heavy atom. The second-order valence-electron chi connectivity index (χ2n) is 4.08. The van der Waals surface area contributed by atoms with Gasteiger partial charge in [-0.15, -0.1) is 0 Å². The molecule has 2 heteroatoms. The zero-order valence-corrected chi connectivity index (χ0v) is 9.55. The average Bonchev–Trinajstić information content (AvgIpc) is 2.15. The summed E-state index contributed by atoms with van der Waals surface area (Å²) in [7, 11) is 0. The summed E-state index contributed by atoms with van der Waals surface area (Å²) in [5.74, 6) is -0.187. The van der Waals surface area contributed by atoms with Gasteiger partial charge in [0.1, 0.15) is 5.82 Å². The molecule has 0 atom stereocenters. The number of hydrogen-bond acceptors (Lipinski definition) is 1. The predicted octanol–water partition coefficient (Wildman–Crippen LogP) is 3.23. The summed E-state index contributed by atoms with van der Waals surface area (Å²) in [6.45, 7) is 7.10. The quantitative estimate of drug-likeness (QED) is 0.799. The third-order valence-electron chi connectivity index (χ3n) is 2.05. The van der Waals surface area contributed by atoms with Crippen molar-refractivity contribution in [2.24, 2.45) is 0 Å². The van der Waals surface area contributed by atoms with Gasteiger partial charge in [0.15, 0.2) is 0 Å². The van der Waals surface area contributed by atoms with Crippen molar-refractivity contribution >= 4 is 6.08 Å². The highest BCUT2D eigenvalue weighted by Gasteiger charge is 1.95. The van der Waals surface area contributed by atoms with Crippen LogP contribution in [-0.2, 0) is 0 Å². The summed E-state index contributed by atoms with van der Waals surface area (Å²) in [5, 5.41) is 3.32. The van der Waals surface area contributed by atoms with E-state index in [-0.39, 0.29) is 5.82 Å². The monoisotopic (exact) mass is 207 g/mol. The van der Waals surface area contributed by atoms with Gasteiger partial charge in [-0.2, -0.15) is 0 Å². The van der Waals surface area contributed by atoms with Crippen molar-refractivity contribution in [3.63, 3.8) is 0 Å². The number of benzene rings is 1. The second-order valence-corrected chi connectivity index (χ2v) is 4.08. The van der Waals surface area contributed by atoms with Gasteiger partial charge >= 0.3 is 0 Å². The molecule has 15 heavy (non-hydrogen) atoms. The molecule has 0 amide bonds. The van der Waals surface area contributed by atoms with Crippen LogP contribution in [0.5, 0.6) is 0 Å². The summed E-state index contributed by atoms with van der Waals surface area (Å²) >= 11 is 0. The van der Waals surface area contributed by atoms with Gasteiger partial charge in [-0.25, -0.2) is 4.39 Å². The normalized spacial score (nSPS) is 12.2. The Kier molecular flexibility index (Phi) is 4.50. The summed E-state index contributed by atoms with van der Waals surface area (Å²) in [6.07, 6.45) is 2.00. The van der Waals surface area contributed by atoms with E-state index in [9.17, 15) is 4.39 Å². The molecule has 0 aliphatic rings. The molecule has 82 valence electrons. The van der Waals surface area contributed by atoms with Crippen molar-refractivity contribution < 1.29 is 4.39 Å². The van der Waals surface area contributed by atoms with E-state index in [0.717, 1.165) is 12.1 Å². The molecule has 1 aromatic carbocycles. The molecular weight excluding hydrogens is 189 g/mol. The summed E-state index contributed by atoms with van der Waals surface area (Å²) in [6, 6.07) is 7.10. The van der Waals surface area contributed by atoms with Crippen molar-refractivity contribution in [3.05, 3.63) is 41.2 Å². The highest BCUT2D eigenvalue weighted by molar-refractivity contribution is 5.52. The Bertz CT molecular complexity index is 342. The van der Waals surface area contributed by atoms with Crippen molar-refractivity contribution in [2.45, 2.75) is 26.8 Å². The first-order valence-corrected chi connectivity index (χ1v) is 5.24. The fourth-order valence-electron chi connectivity index (χ4n) is 1.30. The van der Waals surface area contributed by atoms with E-state index in [1.807, 2.05) is 19.1 Å². The maximum atomic E-state index is 12.9. The summed E-state index contributed by atoms with van der Waals surface area (Å²) < 4.78 is 12.9. The van der Waals surface area contributed by atoms with E-state index in [4.69, 9.17) is 0 Å². The maximum absolute atomic E-state index is 12.9. The van der Waals surface area contributed by atoms with E-state index in [1.54, 1.807) is 12.1 Å². The van der Waals surface area contributed by atoms with Crippen molar-refractivity contribution in [3.8, 4) is 0 Å². The number of hydrogen-bond donors (Lipinski definition) is 1. The van der Waals surface area contributed by atoms with Crippen LogP contribution in [-0.4, -0.2) is 12.6 Å². The lowest BCUT2D eigenvalue weighted by atomic mass is 10.1. The average molecular weight is 207 g/mol. The van der Waals surface area contributed by atoms with Gasteiger partial charge < -0.3 is 5.32 Å². The summed E-state index contributed by atoms with van der Waals surface area (Å²) in [4.78, 5) is 0. The lowest BCUT2D eigenvalue weighted by Gasteiger charge is -2.08. The Labute approximate surface area is 91.0 Å². The molecule has 1 N–H and O–H groups in total. The maximum Gasteiger partial charge on any atom is 0.123 e. The third kappa shape index (κ3) is 4.75. The van der Waals surface area contributed by atoms with Crippen LogP contribution in [0.3, 0.4) is 0 Å². The van der Waals surface area contributed by atoms with Crippen LogP contribution in [0, 0.1) is 5.82 Å². The molecule has 0 fully saturated rings.